The number of nitro benzene ring substituents is 1. The van der Waals surface area contributed by atoms with Crippen molar-refractivity contribution in [3.05, 3.63) is 93.2 Å². The van der Waals surface area contributed by atoms with Crippen LogP contribution in [0.1, 0.15) is 23.7 Å². The molecule has 2 N–H and O–H groups in total. The second-order valence-electron chi connectivity index (χ2n) is 6.92. The predicted molar refractivity (Wildman–Crippen MR) is 127 cm³/mol. The summed E-state index contributed by atoms with van der Waals surface area (Å²) in [5, 5.41) is 15.8. The second kappa shape index (κ2) is 10.9. The van der Waals surface area contributed by atoms with Gasteiger partial charge in [-0.05, 0) is 48.9 Å². The number of halogens is 2. The first-order valence-corrected chi connectivity index (χ1v) is 11.1. The van der Waals surface area contributed by atoms with E-state index >= 15 is 0 Å². The lowest BCUT2D eigenvalue weighted by molar-refractivity contribution is -0.384. The van der Waals surface area contributed by atoms with Crippen molar-refractivity contribution in [3.8, 4) is 0 Å². The molecule has 0 bridgehead atoms. The molecule has 10 heteroatoms. The van der Waals surface area contributed by atoms with Gasteiger partial charge in [0.05, 0.1) is 15.2 Å². The van der Waals surface area contributed by atoms with Gasteiger partial charge >= 0.3 is 0 Å². The lowest BCUT2D eigenvalue weighted by Gasteiger charge is -2.16. The van der Waals surface area contributed by atoms with E-state index in [1.807, 2.05) is 6.92 Å². The first kappa shape index (κ1) is 24.2. The fourth-order valence-corrected chi connectivity index (χ4v) is 4.09. The van der Waals surface area contributed by atoms with Crippen molar-refractivity contribution in [1.29, 1.82) is 0 Å². The van der Waals surface area contributed by atoms with E-state index in [9.17, 15) is 24.1 Å². The summed E-state index contributed by atoms with van der Waals surface area (Å²) in [6, 6.07) is 16.3. The van der Waals surface area contributed by atoms with Gasteiger partial charge in [-0.2, -0.15) is 0 Å². The number of hydrogen-bond acceptors (Lipinski definition) is 5. The molecule has 1 atom stereocenters. The normalized spacial score (nSPS) is 11.5. The Hall–Kier alpha value is -3.43. The molecule has 2 amide bonds. The minimum absolute atomic E-state index is 0.0827. The zero-order valence-electron chi connectivity index (χ0n) is 17.4. The van der Waals surface area contributed by atoms with Gasteiger partial charge in [-0.25, -0.2) is 4.39 Å². The molecule has 0 aromatic heterocycles. The van der Waals surface area contributed by atoms with Crippen molar-refractivity contribution in [3.63, 3.8) is 0 Å². The van der Waals surface area contributed by atoms with E-state index in [-0.39, 0.29) is 22.2 Å². The van der Waals surface area contributed by atoms with E-state index in [1.165, 1.54) is 54.2 Å². The molecule has 3 aromatic rings. The molecule has 0 aliphatic carbocycles. The van der Waals surface area contributed by atoms with Crippen LogP contribution in [0, 0.1) is 15.9 Å². The Kier molecular flexibility index (Phi) is 8.02. The molecule has 0 heterocycles. The third-order valence-corrected chi connectivity index (χ3v) is 6.19. The molecule has 33 heavy (non-hydrogen) atoms. The highest BCUT2D eigenvalue weighted by atomic mass is 35.5. The Morgan fingerprint density at radius 1 is 1.06 bits per heavy atom. The zero-order valence-corrected chi connectivity index (χ0v) is 19.0. The molecule has 0 fully saturated rings. The summed E-state index contributed by atoms with van der Waals surface area (Å²) >= 11 is 7.08. The lowest BCUT2D eigenvalue weighted by atomic mass is 10.2. The van der Waals surface area contributed by atoms with Crippen LogP contribution in [0.3, 0.4) is 0 Å². The number of benzene rings is 3. The molecule has 1 unspecified atom stereocenters. The third kappa shape index (κ3) is 6.53. The van der Waals surface area contributed by atoms with E-state index in [2.05, 4.69) is 10.6 Å². The monoisotopic (exact) mass is 487 g/mol. The van der Waals surface area contributed by atoms with Gasteiger partial charge in [0.2, 0.25) is 5.91 Å². The molecule has 0 aliphatic rings. The molecule has 7 nitrogen and oxygen atoms in total. The van der Waals surface area contributed by atoms with Crippen LogP contribution in [0.5, 0.6) is 0 Å². The summed E-state index contributed by atoms with van der Waals surface area (Å²) < 4.78 is 13.3. The molecule has 170 valence electrons. The van der Waals surface area contributed by atoms with E-state index in [0.717, 1.165) is 4.90 Å². The van der Waals surface area contributed by atoms with Crippen LogP contribution in [0.15, 0.2) is 71.6 Å². The maximum atomic E-state index is 13.3. The Bertz CT molecular complexity index is 1210. The zero-order chi connectivity index (χ0) is 24.0. The summed E-state index contributed by atoms with van der Waals surface area (Å²) in [6.07, 6.45) is 0.524. The molecule has 0 saturated carbocycles. The summed E-state index contributed by atoms with van der Waals surface area (Å²) in [4.78, 5) is 36.3. The van der Waals surface area contributed by atoms with Gasteiger partial charge in [0, 0.05) is 34.0 Å². The summed E-state index contributed by atoms with van der Waals surface area (Å²) in [7, 11) is 0. The van der Waals surface area contributed by atoms with E-state index < -0.39 is 21.9 Å². The molecular formula is C23H19ClFN3O4S. The Labute approximate surface area is 198 Å². The lowest BCUT2D eigenvalue weighted by Crippen LogP contribution is -2.24. The van der Waals surface area contributed by atoms with Gasteiger partial charge in [0.25, 0.3) is 11.6 Å². The third-order valence-electron chi connectivity index (χ3n) is 4.54. The highest BCUT2D eigenvalue weighted by Crippen LogP contribution is 2.29. The van der Waals surface area contributed by atoms with Crippen LogP contribution in [-0.4, -0.2) is 22.0 Å². The molecule has 3 rings (SSSR count). The predicted octanol–water partition coefficient (Wildman–Crippen LogP) is 6.15. The molecule has 0 spiro atoms. The SMILES string of the molecule is CCC(Sc1cccc(NC(=O)c2cccc([N+](=O)[O-])c2)c1)C(=O)Nc1ccc(F)c(Cl)c1. The Balaban J connectivity index is 1.68. The minimum atomic E-state index is -0.569. The second-order valence-corrected chi connectivity index (χ2v) is 8.61. The average Bonchev–Trinajstić information content (AvgIpc) is 2.80. The topological polar surface area (TPSA) is 101 Å². The van der Waals surface area contributed by atoms with Crippen LogP contribution < -0.4 is 10.6 Å². The Morgan fingerprint density at radius 2 is 1.79 bits per heavy atom. The largest absolute Gasteiger partial charge is 0.325 e. The molecule has 0 radical (unpaired) electrons. The number of carbonyl (C=O) groups excluding carboxylic acids is 2. The fraction of sp³-hybridized carbons (Fsp3) is 0.130. The van der Waals surface area contributed by atoms with Crippen molar-refractivity contribution in [1.82, 2.24) is 0 Å². The van der Waals surface area contributed by atoms with Crippen LogP contribution in [-0.2, 0) is 4.79 Å². The first-order valence-electron chi connectivity index (χ1n) is 9.85. The molecule has 3 aromatic carbocycles. The van der Waals surface area contributed by atoms with Crippen LogP contribution in [0.4, 0.5) is 21.5 Å². The summed E-state index contributed by atoms with van der Waals surface area (Å²) in [5.41, 5.74) is 0.859. The number of thioether (sulfide) groups is 1. The van der Waals surface area contributed by atoms with Gasteiger partial charge < -0.3 is 10.6 Å². The van der Waals surface area contributed by atoms with Gasteiger partial charge in [0.15, 0.2) is 0 Å². The van der Waals surface area contributed by atoms with E-state index in [1.54, 1.807) is 24.3 Å². The number of nitrogens with one attached hydrogen (secondary N) is 2. The standard InChI is InChI=1S/C23H19ClFN3O4S/c1-2-21(23(30)27-16-9-10-20(25)19(24)13-16)33-18-8-4-6-15(12-18)26-22(29)14-5-3-7-17(11-14)28(31)32/h3-13,21H,2H2,1H3,(H,26,29)(H,27,30). The summed E-state index contributed by atoms with van der Waals surface area (Å²) in [5.74, 6) is -1.32. The smallest absolute Gasteiger partial charge is 0.270 e. The minimum Gasteiger partial charge on any atom is -0.325 e. The number of rotatable bonds is 8. The average molecular weight is 488 g/mol. The van der Waals surface area contributed by atoms with Crippen LogP contribution >= 0.6 is 23.4 Å². The maximum absolute atomic E-state index is 13.3. The van der Waals surface area contributed by atoms with E-state index in [0.29, 0.717) is 17.8 Å². The van der Waals surface area contributed by atoms with Crippen molar-refractivity contribution in [2.24, 2.45) is 0 Å². The van der Waals surface area contributed by atoms with E-state index in [4.69, 9.17) is 11.6 Å². The van der Waals surface area contributed by atoms with Gasteiger partial charge in [0.1, 0.15) is 5.82 Å². The number of amides is 2. The number of hydrogen-bond donors (Lipinski definition) is 2. The quantitative estimate of drug-likeness (QED) is 0.225. The fourth-order valence-electron chi connectivity index (χ4n) is 2.89. The van der Waals surface area contributed by atoms with Gasteiger partial charge in [-0.1, -0.05) is 30.7 Å². The number of nitro groups is 1. The van der Waals surface area contributed by atoms with Crippen molar-refractivity contribution < 1.29 is 18.9 Å². The number of anilines is 2. The highest BCUT2D eigenvalue weighted by molar-refractivity contribution is 8.00. The van der Waals surface area contributed by atoms with Crippen LogP contribution in [0.25, 0.3) is 0 Å². The number of nitrogens with zero attached hydrogens (tertiary/aromatic N) is 1. The molecule has 0 aliphatic heterocycles. The van der Waals surface area contributed by atoms with Crippen LogP contribution in [0.2, 0.25) is 5.02 Å². The van der Waals surface area contributed by atoms with Gasteiger partial charge in [-0.3, -0.25) is 19.7 Å². The molecular weight excluding hydrogens is 469 g/mol. The number of carbonyl (C=O) groups is 2. The summed E-state index contributed by atoms with van der Waals surface area (Å²) in [6.45, 7) is 1.86. The highest BCUT2D eigenvalue weighted by Gasteiger charge is 2.19. The first-order chi connectivity index (χ1) is 15.8. The van der Waals surface area contributed by atoms with Crippen molar-refractivity contribution in [2.45, 2.75) is 23.5 Å². The van der Waals surface area contributed by atoms with Gasteiger partial charge in [-0.15, -0.1) is 11.8 Å². The van der Waals surface area contributed by atoms with Crippen molar-refractivity contribution in [2.75, 3.05) is 10.6 Å². The molecule has 0 saturated heterocycles. The number of non-ortho nitro benzene ring substituents is 1. The van der Waals surface area contributed by atoms with Crippen molar-refractivity contribution >= 4 is 52.2 Å². The maximum Gasteiger partial charge on any atom is 0.270 e. The Morgan fingerprint density at radius 3 is 2.48 bits per heavy atom.